The van der Waals surface area contributed by atoms with E-state index in [1.54, 1.807) is 17.0 Å². The van der Waals surface area contributed by atoms with Crippen LogP contribution in [0.3, 0.4) is 0 Å². The Morgan fingerprint density at radius 1 is 1.44 bits per heavy atom. The van der Waals surface area contributed by atoms with Crippen molar-refractivity contribution >= 4 is 23.6 Å². The Balaban J connectivity index is 2.22. The van der Waals surface area contributed by atoms with Gasteiger partial charge in [0.05, 0.1) is 0 Å². The van der Waals surface area contributed by atoms with E-state index in [2.05, 4.69) is 4.98 Å². The molecule has 1 aliphatic rings. The summed E-state index contributed by atoms with van der Waals surface area (Å²) in [5, 5.41) is 8.86. The zero-order valence-electron chi connectivity index (χ0n) is 10.00. The normalized spacial score (nSPS) is 19.6. The van der Waals surface area contributed by atoms with Crippen molar-refractivity contribution in [2.75, 3.05) is 18.1 Å². The van der Waals surface area contributed by atoms with Gasteiger partial charge in [-0.2, -0.15) is 11.8 Å². The maximum Gasteiger partial charge on any atom is 0.354 e. The molecule has 0 saturated carbocycles. The lowest BCUT2D eigenvalue weighted by molar-refractivity contribution is 0.0688. The molecule has 2 heterocycles. The molecule has 1 atom stereocenters. The molecular weight excluding hydrogens is 252 g/mol. The van der Waals surface area contributed by atoms with Crippen molar-refractivity contribution in [3.63, 3.8) is 0 Å². The van der Waals surface area contributed by atoms with E-state index in [9.17, 15) is 9.59 Å². The van der Waals surface area contributed by atoms with E-state index in [1.165, 1.54) is 6.07 Å². The van der Waals surface area contributed by atoms with Gasteiger partial charge < -0.3 is 10.0 Å². The lowest BCUT2D eigenvalue weighted by Gasteiger charge is -2.32. The van der Waals surface area contributed by atoms with Gasteiger partial charge in [0.15, 0.2) is 0 Å². The minimum Gasteiger partial charge on any atom is -0.477 e. The van der Waals surface area contributed by atoms with Gasteiger partial charge in [-0.05, 0) is 19.1 Å². The van der Waals surface area contributed by atoms with Gasteiger partial charge in [-0.1, -0.05) is 6.07 Å². The maximum atomic E-state index is 12.2. The fourth-order valence-corrected chi connectivity index (χ4v) is 2.86. The summed E-state index contributed by atoms with van der Waals surface area (Å²) in [5.41, 5.74) is 0.105. The summed E-state index contributed by atoms with van der Waals surface area (Å²) < 4.78 is 0. The highest BCUT2D eigenvalue weighted by atomic mass is 32.2. The molecule has 1 amide bonds. The number of carbonyl (C=O) groups excluding carboxylic acids is 1. The molecule has 6 heteroatoms. The molecule has 1 aliphatic heterocycles. The molecule has 0 spiro atoms. The van der Waals surface area contributed by atoms with E-state index in [0.717, 1.165) is 11.5 Å². The maximum absolute atomic E-state index is 12.2. The predicted octanol–water partition coefficient (Wildman–Crippen LogP) is 1.36. The topological polar surface area (TPSA) is 70.5 Å². The van der Waals surface area contributed by atoms with Crippen LogP contribution in [-0.4, -0.2) is 51.0 Å². The molecule has 1 aromatic heterocycles. The molecule has 0 radical (unpaired) electrons. The second-order valence-corrected chi connectivity index (χ2v) is 5.29. The molecule has 1 aromatic rings. The number of thioether (sulfide) groups is 1. The van der Waals surface area contributed by atoms with E-state index < -0.39 is 5.97 Å². The first-order valence-electron chi connectivity index (χ1n) is 5.68. The molecule has 18 heavy (non-hydrogen) atoms. The third-order valence-corrected chi connectivity index (χ3v) is 4.01. The van der Waals surface area contributed by atoms with Crippen molar-refractivity contribution in [1.29, 1.82) is 0 Å². The molecule has 1 saturated heterocycles. The summed E-state index contributed by atoms with van der Waals surface area (Å²) >= 11 is 1.82. The zero-order valence-corrected chi connectivity index (χ0v) is 10.8. The fraction of sp³-hybridized carbons (Fsp3) is 0.417. The van der Waals surface area contributed by atoms with Crippen LogP contribution < -0.4 is 0 Å². The molecule has 1 fully saturated rings. The summed E-state index contributed by atoms with van der Waals surface area (Å²) in [5.74, 6) is 0.511. The average molecular weight is 266 g/mol. The second kappa shape index (κ2) is 5.39. The Kier molecular flexibility index (Phi) is 3.86. The SMILES string of the molecule is CC1CSCCN1C(=O)c1cccc(C(=O)O)n1. The number of carbonyl (C=O) groups is 2. The molecule has 1 N–H and O–H groups in total. The van der Waals surface area contributed by atoms with E-state index in [4.69, 9.17) is 5.11 Å². The van der Waals surface area contributed by atoms with Gasteiger partial charge in [0.25, 0.3) is 5.91 Å². The monoisotopic (exact) mass is 266 g/mol. The highest BCUT2D eigenvalue weighted by Gasteiger charge is 2.25. The Bertz CT molecular complexity index is 478. The Morgan fingerprint density at radius 2 is 2.17 bits per heavy atom. The first kappa shape index (κ1) is 12.9. The van der Waals surface area contributed by atoms with E-state index >= 15 is 0 Å². The number of carboxylic acids is 1. The second-order valence-electron chi connectivity index (χ2n) is 4.14. The van der Waals surface area contributed by atoms with Crippen molar-refractivity contribution in [2.45, 2.75) is 13.0 Å². The van der Waals surface area contributed by atoms with Crippen LogP contribution in [0.2, 0.25) is 0 Å². The number of carboxylic acid groups (broad SMARTS) is 1. The summed E-state index contributed by atoms with van der Waals surface area (Å²) in [4.78, 5) is 28.7. The Morgan fingerprint density at radius 3 is 2.83 bits per heavy atom. The summed E-state index contributed by atoms with van der Waals surface area (Å²) in [6, 6.07) is 4.65. The lowest BCUT2D eigenvalue weighted by atomic mass is 10.2. The van der Waals surface area contributed by atoms with E-state index in [1.807, 2.05) is 18.7 Å². The molecule has 1 unspecified atom stereocenters. The molecular formula is C12H14N2O3S. The minimum atomic E-state index is -1.12. The molecule has 0 aromatic carbocycles. The minimum absolute atomic E-state index is 0.0973. The van der Waals surface area contributed by atoms with Gasteiger partial charge in [-0.25, -0.2) is 9.78 Å². The number of aromatic nitrogens is 1. The lowest BCUT2D eigenvalue weighted by Crippen LogP contribution is -2.44. The van der Waals surface area contributed by atoms with Crippen LogP contribution in [0, 0.1) is 0 Å². The van der Waals surface area contributed by atoms with Crippen LogP contribution in [0.1, 0.15) is 27.9 Å². The van der Waals surface area contributed by atoms with Gasteiger partial charge >= 0.3 is 5.97 Å². The molecule has 0 bridgehead atoms. The van der Waals surface area contributed by atoms with Crippen LogP contribution in [0.25, 0.3) is 0 Å². The van der Waals surface area contributed by atoms with Crippen molar-refractivity contribution in [3.05, 3.63) is 29.6 Å². The van der Waals surface area contributed by atoms with Crippen LogP contribution >= 0.6 is 11.8 Å². The average Bonchev–Trinajstić information content (AvgIpc) is 2.38. The zero-order chi connectivity index (χ0) is 13.1. The standard InChI is InChI=1S/C12H14N2O3S/c1-8-7-18-6-5-14(8)11(15)9-3-2-4-10(13-9)12(16)17/h2-4,8H,5-7H2,1H3,(H,16,17). The largest absolute Gasteiger partial charge is 0.477 e. The van der Waals surface area contributed by atoms with Gasteiger partial charge in [0.2, 0.25) is 0 Å². The van der Waals surface area contributed by atoms with Gasteiger partial charge in [-0.3, -0.25) is 4.79 Å². The molecule has 96 valence electrons. The third-order valence-electron chi connectivity index (χ3n) is 2.82. The number of pyridine rings is 1. The summed E-state index contributed by atoms with van der Waals surface area (Å²) in [6.45, 7) is 2.68. The summed E-state index contributed by atoms with van der Waals surface area (Å²) in [6.07, 6.45) is 0. The number of aromatic carboxylic acids is 1. The van der Waals surface area contributed by atoms with Crippen LogP contribution in [0.15, 0.2) is 18.2 Å². The highest BCUT2D eigenvalue weighted by molar-refractivity contribution is 7.99. The van der Waals surface area contributed by atoms with Crippen molar-refractivity contribution in [3.8, 4) is 0 Å². The van der Waals surface area contributed by atoms with Gasteiger partial charge in [0.1, 0.15) is 11.4 Å². The Labute approximate surface area is 109 Å². The number of nitrogens with zero attached hydrogens (tertiary/aromatic N) is 2. The smallest absolute Gasteiger partial charge is 0.354 e. The third kappa shape index (κ3) is 2.64. The quantitative estimate of drug-likeness (QED) is 0.875. The van der Waals surface area contributed by atoms with Crippen molar-refractivity contribution in [1.82, 2.24) is 9.88 Å². The summed E-state index contributed by atoms with van der Waals surface area (Å²) in [7, 11) is 0. The molecule has 5 nitrogen and oxygen atoms in total. The van der Waals surface area contributed by atoms with Crippen molar-refractivity contribution < 1.29 is 14.7 Å². The molecule has 0 aliphatic carbocycles. The first-order chi connectivity index (χ1) is 8.59. The van der Waals surface area contributed by atoms with E-state index in [0.29, 0.717) is 6.54 Å². The predicted molar refractivity (Wildman–Crippen MR) is 69.0 cm³/mol. The number of hydrogen-bond acceptors (Lipinski definition) is 4. The van der Waals surface area contributed by atoms with Gasteiger partial charge in [-0.15, -0.1) is 0 Å². The number of amides is 1. The van der Waals surface area contributed by atoms with Crippen molar-refractivity contribution in [2.24, 2.45) is 0 Å². The fourth-order valence-electron chi connectivity index (χ4n) is 1.85. The van der Waals surface area contributed by atoms with Crippen LogP contribution in [-0.2, 0) is 0 Å². The highest BCUT2D eigenvalue weighted by Crippen LogP contribution is 2.18. The number of hydrogen-bond donors (Lipinski definition) is 1. The van der Waals surface area contributed by atoms with Crippen LogP contribution in [0.4, 0.5) is 0 Å². The van der Waals surface area contributed by atoms with Crippen LogP contribution in [0.5, 0.6) is 0 Å². The first-order valence-corrected chi connectivity index (χ1v) is 6.84. The number of rotatable bonds is 2. The molecule has 2 rings (SSSR count). The van der Waals surface area contributed by atoms with E-state index in [-0.39, 0.29) is 23.3 Å². The Hall–Kier alpha value is -1.56. The van der Waals surface area contributed by atoms with Gasteiger partial charge in [0, 0.05) is 24.1 Å².